The topological polar surface area (TPSA) is 3.24 Å². The third-order valence-corrected chi connectivity index (χ3v) is 8.87. The molecular weight excluding hydrogens is 518 g/mol. The summed E-state index contributed by atoms with van der Waals surface area (Å²) in [5, 5.41) is 0. The second kappa shape index (κ2) is 11.5. The number of hydrogen-bond acceptors (Lipinski definition) is 1. The molecule has 5 aromatic carbocycles. The minimum absolute atomic E-state index is 0.142. The van der Waals surface area contributed by atoms with Crippen LogP contribution >= 0.6 is 0 Å². The summed E-state index contributed by atoms with van der Waals surface area (Å²) in [4.78, 5) is 2.37. The zero-order chi connectivity index (χ0) is 31.1. The highest BCUT2D eigenvalue weighted by Crippen LogP contribution is 2.49. The van der Waals surface area contributed by atoms with Crippen LogP contribution in [-0.4, -0.2) is 0 Å². The monoisotopic (exact) mass is 565 g/mol. The average Bonchev–Trinajstić information content (AvgIpc) is 3.17. The predicted octanol–water partition coefficient (Wildman–Crippen LogP) is 12.0. The molecule has 220 valence electrons. The van der Waals surface area contributed by atoms with Crippen molar-refractivity contribution >= 4 is 17.1 Å². The molecule has 1 heteroatoms. The third-order valence-electron chi connectivity index (χ3n) is 8.87. The van der Waals surface area contributed by atoms with Crippen LogP contribution in [0.4, 0.5) is 17.1 Å². The van der Waals surface area contributed by atoms with Crippen molar-refractivity contribution in [2.75, 3.05) is 4.90 Å². The lowest BCUT2D eigenvalue weighted by Crippen LogP contribution is -2.16. The van der Waals surface area contributed by atoms with Gasteiger partial charge in [0.25, 0.3) is 0 Å². The van der Waals surface area contributed by atoms with Crippen molar-refractivity contribution in [3.8, 4) is 11.1 Å². The van der Waals surface area contributed by atoms with Crippen LogP contribution in [0.15, 0.2) is 103 Å². The fraction of sp³-hybridized carbons (Fsp3) is 0.286. The number of hydrogen-bond donors (Lipinski definition) is 0. The summed E-state index contributed by atoms with van der Waals surface area (Å²) >= 11 is 0. The van der Waals surface area contributed by atoms with Gasteiger partial charge in [0.2, 0.25) is 0 Å². The SMILES string of the molecule is Cc1ccc(N(c2ccccc2)c2c(C)cc(C(C)(C)C)cc2C)cc1.Cc1ccc2c(c1)C(C)(C)c1cc(C)ccc1-2. The molecule has 0 radical (unpaired) electrons. The third kappa shape index (κ3) is 6.04. The highest BCUT2D eigenvalue weighted by atomic mass is 15.1. The summed E-state index contributed by atoms with van der Waals surface area (Å²) in [5.74, 6) is 0. The first kappa shape index (κ1) is 30.4. The van der Waals surface area contributed by atoms with E-state index in [2.05, 4.69) is 177 Å². The van der Waals surface area contributed by atoms with E-state index < -0.39 is 0 Å². The van der Waals surface area contributed by atoms with Crippen molar-refractivity contribution in [3.63, 3.8) is 0 Å². The lowest BCUT2D eigenvalue weighted by atomic mass is 9.81. The second-order valence-electron chi connectivity index (χ2n) is 13.9. The Morgan fingerprint density at radius 3 is 1.42 bits per heavy atom. The van der Waals surface area contributed by atoms with Crippen LogP contribution in [0.1, 0.15) is 79.1 Å². The predicted molar refractivity (Wildman–Crippen MR) is 188 cm³/mol. The van der Waals surface area contributed by atoms with Gasteiger partial charge in [-0.25, -0.2) is 0 Å². The first-order valence-corrected chi connectivity index (χ1v) is 15.5. The van der Waals surface area contributed by atoms with E-state index in [-0.39, 0.29) is 10.8 Å². The van der Waals surface area contributed by atoms with E-state index in [9.17, 15) is 0 Å². The first-order valence-electron chi connectivity index (χ1n) is 15.5. The number of nitrogens with zero attached hydrogens (tertiary/aromatic N) is 1. The number of anilines is 3. The molecule has 1 aliphatic carbocycles. The molecule has 0 aromatic heterocycles. The van der Waals surface area contributed by atoms with Crippen molar-refractivity contribution in [1.82, 2.24) is 0 Å². The van der Waals surface area contributed by atoms with E-state index in [4.69, 9.17) is 0 Å². The fourth-order valence-electron chi connectivity index (χ4n) is 6.38. The Hall–Kier alpha value is -4.10. The molecule has 5 aromatic rings. The normalized spacial score (nSPS) is 13.1. The molecule has 43 heavy (non-hydrogen) atoms. The standard InChI is InChI=1S/C25H29N.C17H18/c1-18-12-14-23(15-13-18)26(22-10-8-7-9-11-22)24-19(2)16-21(17-20(24)3)25(4,5)6;1-11-5-7-13-14-8-6-12(2)10-16(14)17(3,4)15(13)9-11/h7-17H,1-6H3;5-10H,1-4H3. The number of rotatable bonds is 3. The van der Waals surface area contributed by atoms with Crippen molar-refractivity contribution in [2.45, 2.75) is 80.1 Å². The molecule has 0 atom stereocenters. The molecule has 1 nitrogen and oxygen atoms in total. The smallest absolute Gasteiger partial charge is 0.0520 e. The molecule has 0 fully saturated rings. The van der Waals surface area contributed by atoms with Gasteiger partial charge in [0.05, 0.1) is 5.69 Å². The maximum absolute atomic E-state index is 2.37. The summed E-state index contributed by atoms with van der Waals surface area (Å²) < 4.78 is 0. The highest BCUT2D eigenvalue weighted by molar-refractivity contribution is 5.82. The average molecular weight is 566 g/mol. The summed E-state index contributed by atoms with van der Waals surface area (Å²) in [5.41, 5.74) is 17.7. The molecule has 0 bridgehead atoms. The lowest BCUT2D eigenvalue weighted by molar-refractivity contribution is 0.589. The van der Waals surface area contributed by atoms with Gasteiger partial charge in [-0.3, -0.25) is 0 Å². The molecule has 0 saturated heterocycles. The molecule has 0 saturated carbocycles. The van der Waals surface area contributed by atoms with E-state index in [1.165, 1.54) is 72.7 Å². The van der Waals surface area contributed by atoms with E-state index in [1.54, 1.807) is 0 Å². The Bertz CT molecular complexity index is 1670. The van der Waals surface area contributed by atoms with Crippen LogP contribution in [0.3, 0.4) is 0 Å². The van der Waals surface area contributed by atoms with E-state index >= 15 is 0 Å². The minimum Gasteiger partial charge on any atom is -0.310 e. The van der Waals surface area contributed by atoms with E-state index in [0.29, 0.717) is 0 Å². The van der Waals surface area contributed by atoms with Crippen LogP contribution in [0.5, 0.6) is 0 Å². The molecule has 6 rings (SSSR count). The van der Waals surface area contributed by atoms with E-state index in [1.807, 2.05) is 0 Å². The van der Waals surface area contributed by atoms with E-state index in [0.717, 1.165) is 0 Å². The Labute approximate surface area is 260 Å². The lowest BCUT2D eigenvalue weighted by Gasteiger charge is -2.30. The minimum atomic E-state index is 0.142. The van der Waals surface area contributed by atoms with Crippen LogP contribution in [0.2, 0.25) is 0 Å². The number of fused-ring (bicyclic) bond motifs is 3. The van der Waals surface area contributed by atoms with Crippen molar-refractivity contribution in [3.05, 3.63) is 148 Å². The zero-order valence-electron chi connectivity index (χ0n) is 27.8. The van der Waals surface area contributed by atoms with Gasteiger partial charge in [0.1, 0.15) is 0 Å². The Morgan fingerprint density at radius 2 is 0.953 bits per heavy atom. The van der Waals surface area contributed by atoms with Gasteiger partial charge in [0.15, 0.2) is 0 Å². The molecule has 1 aliphatic rings. The van der Waals surface area contributed by atoms with Crippen molar-refractivity contribution in [1.29, 1.82) is 0 Å². The van der Waals surface area contributed by atoms with Crippen LogP contribution < -0.4 is 4.90 Å². The molecule has 0 N–H and O–H groups in total. The summed E-state index contributed by atoms with van der Waals surface area (Å²) in [6, 6.07) is 37.7. The van der Waals surface area contributed by atoms with Gasteiger partial charge in [-0.15, -0.1) is 0 Å². The molecule has 0 spiro atoms. The zero-order valence-corrected chi connectivity index (χ0v) is 27.8. The maximum atomic E-state index is 2.37. The first-order chi connectivity index (χ1) is 20.3. The van der Waals surface area contributed by atoms with Crippen LogP contribution in [0.25, 0.3) is 11.1 Å². The van der Waals surface area contributed by atoms with Gasteiger partial charge in [0, 0.05) is 16.8 Å². The van der Waals surface area contributed by atoms with Crippen LogP contribution in [-0.2, 0) is 10.8 Å². The number of para-hydroxylation sites is 1. The molecule has 0 unspecified atom stereocenters. The Morgan fingerprint density at radius 1 is 0.512 bits per heavy atom. The summed E-state index contributed by atoms with van der Waals surface area (Å²) in [6.07, 6.45) is 0. The summed E-state index contributed by atoms with van der Waals surface area (Å²) in [6.45, 7) is 22.4. The molecular formula is C42H47N. The summed E-state index contributed by atoms with van der Waals surface area (Å²) in [7, 11) is 0. The Balaban J connectivity index is 0.000000186. The van der Waals surface area contributed by atoms with Gasteiger partial charge >= 0.3 is 0 Å². The quantitative estimate of drug-likeness (QED) is 0.210. The molecule has 0 amide bonds. The maximum Gasteiger partial charge on any atom is 0.0520 e. The van der Waals surface area contributed by atoms with Gasteiger partial charge < -0.3 is 4.90 Å². The highest BCUT2D eigenvalue weighted by Gasteiger charge is 2.35. The van der Waals surface area contributed by atoms with Gasteiger partial charge in [-0.1, -0.05) is 130 Å². The van der Waals surface area contributed by atoms with Crippen molar-refractivity contribution in [2.24, 2.45) is 0 Å². The Kier molecular flexibility index (Phi) is 8.14. The van der Waals surface area contributed by atoms with Gasteiger partial charge in [-0.05, 0) is 103 Å². The van der Waals surface area contributed by atoms with Gasteiger partial charge in [-0.2, -0.15) is 0 Å². The van der Waals surface area contributed by atoms with Crippen molar-refractivity contribution < 1.29 is 0 Å². The fourth-order valence-corrected chi connectivity index (χ4v) is 6.38. The number of benzene rings is 5. The molecule has 0 aliphatic heterocycles. The van der Waals surface area contributed by atoms with Crippen LogP contribution in [0, 0.1) is 34.6 Å². The number of aryl methyl sites for hydroxylation is 5. The second-order valence-corrected chi connectivity index (χ2v) is 13.9. The molecule has 0 heterocycles. The largest absolute Gasteiger partial charge is 0.310 e.